The van der Waals surface area contributed by atoms with Gasteiger partial charge in [0.25, 0.3) is 0 Å². The van der Waals surface area contributed by atoms with Crippen LogP contribution in [0.15, 0.2) is 40.9 Å². The molecule has 0 aliphatic heterocycles. The molecule has 0 atom stereocenters. The number of benzene rings is 2. The Bertz CT molecular complexity index is 1090. The molecular weight excluding hydrogens is 449 g/mol. The van der Waals surface area contributed by atoms with E-state index in [0.29, 0.717) is 38.2 Å². The Balaban J connectivity index is 2.32. The summed E-state index contributed by atoms with van der Waals surface area (Å²) in [5, 5.41) is 10.6. The molecule has 3 aromatic rings. The summed E-state index contributed by atoms with van der Waals surface area (Å²) in [5.74, 6) is 0.837. The fourth-order valence-electron chi connectivity index (χ4n) is 2.93. The first-order valence-electron chi connectivity index (χ1n) is 7.86. The van der Waals surface area contributed by atoms with Crippen molar-refractivity contribution in [3.8, 4) is 34.2 Å². The third-order valence-corrected chi connectivity index (χ3v) is 5.37. The number of methoxy groups -OCH3 is 1. The number of anilines is 1. The van der Waals surface area contributed by atoms with Crippen LogP contribution in [-0.2, 0) is 0 Å². The van der Waals surface area contributed by atoms with Crippen molar-refractivity contribution in [1.29, 1.82) is 5.26 Å². The molecule has 2 N–H and O–H groups in total. The van der Waals surface area contributed by atoms with E-state index in [1.165, 1.54) is 0 Å². The second-order valence-electron chi connectivity index (χ2n) is 5.81. The Morgan fingerprint density at radius 1 is 1.19 bits per heavy atom. The molecule has 0 aliphatic rings. The molecule has 0 amide bonds. The summed E-state index contributed by atoms with van der Waals surface area (Å²) in [6.45, 7) is 1.89. The van der Waals surface area contributed by atoms with Crippen molar-refractivity contribution in [3.63, 3.8) is 0 Å². The van der Waals surface area contributed by atoms with Crippen LogP contribution in [0.1, 0.15) is 11.1 Å². The molecule has 0 radical (unpaired) electrons. The second-order valence-corrected chi connectivity index (χ2v) is 7.50. The Morgan fingerprint density at radius 3 is 2.52 bits per heavy atom. The van der Waals surface area contributed by atoms with Crippen LogP contribution in [0.4, 0.5) is 5.82 Å². The molecule has 1 aromatic heterocycles. The van der Waals surface area contributed by atoms with Gasteiger partial charge in [-0.15, -0.1) is 0 Å². The summed E-state index contributed by atoms with van der Waals surface area (Å²) < 4.78 is 6.06. The Labute approximate surface area is 175 Å². The quantitative estimate of drug-likeness (QED) is 0.498. The van der Waals surface area contributed by atoms with Crippen molar-refractivity contribution in [2.75, 3.05) is 12.8 Å². The molecule has 0 aliphatic carbocycles. The average Bonchev–Trinajstić information content (AvgIpc) is 2.63. The van der Waals surface area contributed by atoms with Gasteiger partial charge in [0.15, 0.2) is 0 Å². The number of hydrogen-bond donors (Lipinski definition) is 1. The molecule has 0 unspecified atom stereocenters. The number of nitrogens with zero attached hydrogens (tertiary/aromatic N) is 2. The minimum atomic E-state index is 0.144. The highest BCUT2D eigenvalue weighted by molar-refractivity contribution is 9.10. The van der Waals surface area contributed by atoms with E-state index in [4.69, 9.17) is 33.7 Å². The molecule has 0 saturated carbocycles. The summed E-state index contributed by atoms with van der Waals surface area (Å²) in [5.41, 5.74) is 10.0. The van der Waals surface area contributed by atoms with Crippen LogP contribution in [0.25, 0.3) is 22.4 Å². The van der Waals surface area contributed by atoms with Gasteiger partial charge in [-0.05, 0) is 64.3 Å². The van der Waals surface area contributed by atoms with Gasteiger partial charge in [0.2, 0.25) is 0 Å². The Hall–Kier alpha value is -2.26. The maximum atomic E-state index is 9.66. The molecule has 2 aromatic carbocycles. The fraction of sp³-hybridized carbons (Fsp3) is 0.100. The first-order valence-corrected chi connectivity index (χ1v) is 9.41. The normalized spacial score (nSPS) is 10.5. The van der Waals surface area contributed by atoms with E-state index in [2.05, 4.69) is 27.0 Å². The molecule has 136 valence electrons. The average molecular weight is 463 g/mol. The molecule has 0 fully saturated rings. The lowest BCUT2D eigenvalue weighted by atomic mass is 9.93. The van der Waals surface area contributed by atoms with Crippen LogP contribution >= 0.6 is 39.1 Å². The highest BCUT2D eigenvalue weighted by atomic mass is 79.9. The topological polar surface area (TPSA) is 71.9 Å². The highest BCUT2D eigenvalue weighted by Crippen LogP contribution is 2.40. The van der Waals surface area contributed by atoms with Crippen molar-refractivity contribution < 1.29 is 4.74 Å². The largest absolute Gasteiger partial charge is 0.496 e. The van der Waals surface area contributed by atoms with Crippen LogP contribution in [0.2, 0.25) is 10.0 Å². The standard InChI is InChI=1S/C20H14BrCl2N3O/c1-10-18(11-3-6-17(27-2)15(21)7-11)14(9-24)20(25)26-19(10)13-5-4-12(22)8-16(13)23/h3-8H,1-2H3,(H2,25,26). The van der Waals surface area contributed by atoms with E-state index in [0.717, 1.165) is 15.6 Å². The lowest BCUT2D eigenvalue weighted by Gasteiger charge is -2.16. The first-order chi connectivity index (χ1) is 12.9. The summed E-state index contributed by atoms with van der Waals surface area (Å²) in [6, 6.07) is 12.9. The third-order valence-electron chi connectivity index (χ3n) is 4.21. The number of hydrogen-bond acceptors (Lipinski definition) is 4. The molecule has 0 saturated heterocycles. The maximum absolute atomic E-state index is 9.66. The van der Waals surface area contributed by atoms with Crippen molar-refractivity contribution in [1.82, 2.24) is 4.98 Å². The minimum absolute atomic E-state index is 0.144. The van der Waals surface area contributed by atoms with Crippen molar-refractivity contribution in [3.05, 3.63) is 62.0 Å². The summed E-state index contributed by atoms with van der Waals surface area (Å²) in [4.78, 5) is 4.44. The number of ether oxygens (including phenoxy) is 1. The molecule has 3 rings (SSSR count). The molecule has 0 bridgehead atoms. The van der Waals surface area contributed by atoms with E-state index in [1.807, 2.05) is 25.1 Å². The van der Waals surface area contributed by atoms with Gasteiger partial charge >= 0.3 is 0 Å². The fourth-order valence-corrected chi connectivity index (χ4v) is 3.97. The van der Waals surface area contributed by atoms with Crippen molar-refractivity contribution in [2.24, 2.45) is 0 Å². The number of nitriles is 1. The lowest BCUT2D eigenvalue weighted by molar-refractivity contribution is 0.412. The van der Waals surface area contributed by atoms with Gasteiger partial charge in [0.05, 0.1) is 22.3 Å². The lowest BCUT2D eigenvalue weighted by Crippen LogP contribution is -2.03. The van der Waals surface area contributed by atoms with Gasteiger partial charge in [-0.3, -0.25) is 0 Å². The van der Waals surface area contributed by atoms with E-state index in [-0.39, 0.29) is 5.82 Å². The van der Waals surface area contributed by atoms with Gasteiger partial charge in [0, 0.05) is 16.1 Å². The maximum Gasteiger partial charge on any atom is 0.142 e. The highest BCUT2D eigenvalue weighted by Gasteiger charge is 2.20. The molecule has 0 spiro atoms. The zero-order valence-electron chi connectivity index (χ0n) is 14.5. The third kappa shape index (κ3) is 3.61. The number of nitrogens with two attached hydrogens (primary N) is 1. The van der Waals surface area contributed by atoms with Crippen LogP contribution in [0.3, 0.4) is 0 Å². The molecule has 1 heterocycles. The molecule has 7 heteroatoms. The molecular formula is C20H14BrCl2N3O. The summed E-state index contributed by atoms with van der Waals surface area (Å²) in [7, 11) is 1.59. The predicted octanol–water partition coefficient (Wildman–Crippen LogP) is 6.26. The molecule has 27 heavy (non-hydrogen) atoms. The second kappa shape index (κ2) is 7.77. The minimum Gasteiger partial charge on any atom is -0.496 e. The summed E-state index contributed by atoms with van der Waals surface area (Å²) >= 11 is 15.9. The van der Waals surface area contributed by atoms with Crippen LogP contribution in [-0.4, -0.2) is 12.1 Å². The molecule has 4 nitrogen and oxygen atoms in total. The number of nitrogen functional groups attached to an aromatic ring is 1. The number of aromatic nitrogens is 1. The van der Waals surface area contributed by atoms with Crippen molar-refractivity contribution >= 4 is 44.9 Å². The van der Waals surface area contributed by atoms with Gasteiger partial charge in [-0.25, -0.2) is 4.98 Å². The monoisotopic (exact) mass is 461 g/mol. The van der Waals surface area contributed by atoms with Gasteiger partial charge in [-0.1, -0.05) is 29.3 Å². The van der Waals surface area contributed by atoms with Gasteiger partial charge < -0.3 is 10.5 Å². The van der Waals surface area contributed by atoms with Crippen molar-refractivity contribution in [2.45, 2.75) is 6.92 Å². The van der Waals surface area contributed by atoms with Gasteiger partial charge in [0.1, 0.15) is 23.2 Å². The SMILES string of the molecule is COc1ccc(-c2c(C)c(-c3ccc(Cl)cc3Cl)nc(N)c2C#N)cc1Br. The van der Waals surface area contributed by atoms with E-state index < -0.39 is 0 Å². The van der Waals surface area contributed by atoms with Gasteiger partial charge in [-0.2, -0.15) is 5.26 Å². The first kappa shape index (κ1) is 19.5. The Kier molecular flexibility index (Phi) is 5.61. The van der Waals surface area contributed by atoms with Crippen LogP contribution in [0.5, 0.6) is 5.75 Å². The Morgan fingerprint density at radius 2 is 1.93 bits per heavy atom. The smallest absolute Gasteiger partial charge is 0.142 e. The summed E-state index contributed by atoms with van der Waals surface area (Å²) in [6.07, 6.45) is 0. The number of halogens is 3. The number of rotatable bonds is 3. The number of pyridine rings is 1. The van der Waals surface area contributed by atoms with E-state index in [1.54, 1.807) is 25.3 Å². The predicted molar refractivity (Wildman–Crippen MR) is 113 cm³/mol. The zero-order valence-corrected chi connectivity index (χ0v) is 17.6. The van der Waals surface area contributed by atoms with Crippen LogP contribution in [0, 0.1) is 18.3 Å². The zero-order chi connectivity index (χ0) is 19.7. The van der Waals surface area contributed by atoms with E-state index >= 15 is 0 Å². The van der Waals surface area contributed by atoms with E-state index in [9.17, 15) is 5.26 Å². The van der Waals surface area contributed by atoms with Crippen LogP contribution < -0.4 is 10.5 Å².